The number of aromatic nitrogens is 3. The number of hydrogen-bond acceptors (Lipinski definition) is 3. The van der Waals surface area contributed by atoms with Gasteiger partial charge >= 0.3 is 0 Å². The largest absolute Gasteiger partial charge is 0.330 e. The minimum atomic E-state index is 0.0463. The number of likely N-dealkylation sites (tertiary alicyclic amines) is 1. The van der Waals surface area contributed by atoms with Gasteiger partial charge in [-0.25, -0.2) is 4.98 Å². The van der Waals surface area contributed by atoms with Crippen LogP contribution in [0.25, 0.3) is 16.9 Å². The zero-order valence-electron chi connectivity index (χ0n) is 15.4. The average Bonchev–Trinajstić information content (AvgIpc) is 3.41. The molecule has 0 bridgehead atoms. The van der Waals surface area contributed by atoms with Crippen LogP contribution in [0.1, 0.15) is 34.9 Å². The Morgan fingerprint density at radius 1 is 0.964 bits per heavy atom. The number of carbonyl (C=O) groups excluding carboxylic acids is 1. The van der Waals surface area contributed by atoms with Gasteiger partial charge in [-0.15, -0.1) is 0 Å². The Labute approximate surface area is 163 Å². The Kier molecular flexibility index (Phi) is 4.13. The number of pyridine rings is 2. The second-order valence-electron chi connectivity index (χ2n) is 7.09. The van der Waals surface area contributed by atoms with E-state index in [-0.39, 0.29) is 11.9 Å². The predicted molar refractivity (Wildman–Crippen MR) is 108 cm³/mol. The molecule has 5 rings (SSSR count). The number of hydrogen-bond donors (Lipinski definition) is 0. The first kappa shape index (κ1) is 16.7. The second-order valence-corrected chi connectivity index (χ2v) is 7.09. The first-order valence-electron chi connectivity index (χ1n) is 9.56. The first-order chi connectivity index (χ1) is 13.8. The van der Waals surface area contributed by atoms with Crippen LogP contribution in [0.4, 0.5) is 0 Å². The highest BCUT2D eigenvalue weighted by molar-refractivity contribution is 5.94. The Balaban J connectivity index is 1.46. The van der Waals surface area contributed by atoms with Crippen molar-refractivity contribution in [2.24, 2.45) is 0 Å². The molecule has 0 aliphatic carbocycles. The number of rotatable bonds is 3. The van der Waals surface area contributed by atoms with Crippen molar-refractivity contribution in [1.29, 1.82) is 0 Å². The zero-order valence-corrected chi connectivity index (χ0v) is 15.4. The standard InChI is InChI=1S/C23H20N4O/c28-23(27-14-6-10-21(27)19-9-4-5-13-24-19)18-11-12-22-25-20(16-26(22)15-18)17-7-2-1-3-8-17/h1-5,7-9,11-13,15-16,21H,6,10,14H2. The van der Waals surface area contributed by atoms with Gasteiger partial charge in [0.2, 0.25) is 0 Å². The Hall–Kier alpha value is -3.47. The molecule has 1 aromatic carbocycles. The van der Waals surface area contributed by atoms with Crippen molar-refractivity contribution in [3.8, 4) is 11.3 Å². The molecular formula is C23H20N4O. The zero-order chi connectivity index (χ0) is 18.9. The van der Waals surface area contributed by atoms with Gasteiger partial charge in [0.25, 0.3) is 5.91 Å². The SMILES string of the molecule is O=C(c1ccc2nc(-c3ccccc3)cn2c1)N1CCCC1c1ccccn1. The highest BCUT2D eigenvalue weighted by Crippen LogP contribution is 2.32. The molecule has 5 heteroatoms. The molecule has 28 heavy (non-hydrogen) atoms. The fraction of sp³-hybridized carbons (Fsp3) is 0.174. The van der Waals surface area contributed by atoms with Gasteiger partial charge in [-0.3, -0.25) is 9.78 Å². The molecule has 1 saturated heterocycles. The molecule has 1 atom stereocenters. The Morgan fingerprint density at radius 3 is 2.64 bits per heavy atom. The van der Waals surface area contributed by atoms with Crippen molar-refractivity contribution < 1.29 is 4.79 Å². The molecule has 5 nitrogen and oxygen atoms in total. The minimum Gasteiger partial charge on any atom is -0.330 e. The maximum atomic E-state index is 13.2. The molecule has 1 unspecified atom stereocenters. The average molecular weight is 368 g/mol. The summed E-state index contributed by atoms with van der Waals surface area (Å²) in [6.07, 6.45) is 7.60. The van der Waals surface area contributed by atoms with Gasteiger partial charge in [-0.05, 0) is 37.1 Å². The molecule has 0 radical (unpaired) electrons. The highest BCUT2D eigenvalue weighted by Gasteiger charge is 2.31. The third-order valence-corrected chi connectivity index (χ3v) is 5.31. The summed E-state index contributed by atoms with van der Waals surface area (Å²) >= 11 is 0. The Morgan fingerprint density at radius 2 is 1.82 bits per heavy atom. The molecule has 1 amide bonds. The van der Waals surface area contributed by atoms with Gasteiger partial charge in [-0.1, -0.05) is 36.4 Å². The first-order valence-corrected chi connectivity index (χ1v) is 9.56. The second kappa shape index (κ2) is 6.93. The highest BCUT2D eigenvalue weighted by atomic mass is 16.2. The third-order valence-electron chi connectivity index (χ3n) is 5.31. The van der Waals surface area contributed by atoms with Gasteiger partial charge in [0.15, 0.2) is 0 Å². The summed E-state index contributed by atoms with van der Waals surface area (Å²) in [5.41, 5.74) is 4.43. The maximum absolute atomic E-state index is 13.2. The van der Waals surface area contributed by atoms with Gasteiger partial charge in [0.05, 0.1) is 23.0 Å². The van der Waals surface area contributed by atoms with Crippen LogP contribution in [0.5, 0.6) is 0 Å². The van der Waals surface area contributed by atoms with Crippen LogP contribution in [-0.4, -0.2) is 31.7 Å². The Bertz CT molecular complexity index is 1120. The molecule has 0 N–H and O–H groups in total. The topological polar surface area (TPSA) is 50.5 Å². The summed E-state index contributed by atoms with van der Waals surface area (Å²) in [5, 5.41) is 0. The summed E-state index contributed by atoms with van der Waals surface area (Å²) in [7, 11) is 0. The molecule has 1 fully saturated rings. The van der Waals surface area contributed by atoms with E-state index in [1.165, 1.54) is 0 Å². The van der Waals surface area contributed by atoms with Crippen LogP contribution in [0.15, 0.2) is 79.3 Å². The number of amides is 1. The molecule has 138 valence electrons. The van der Waals surface area contributed by atoms with Crippen LogP contribution >= 0.6 is 0 Å². The van der Waals surface area contributed by atoms with E-state index in [1.807, 2.05) is 82.4 Å². The smallest absolute Gasteiger partial charge is 0.255 e. The quantitative estimate of drug-likeness (QED) is 0.539. The van der Waals surface area contributed by atoms with E-state index in [1.54, 1.807) is 6.20 Å². The van der Waals surface area contributed by atoms with E-state index >= 15 is 0 Å². The van der Waals surface area contributed by atoms with E-state index in [2.05, 4.69) is 9.97 Å². The van der Waals surface area contributed by atoms with Gasteiger partial charge in [0, 0.05) is 30.7 Å². The molecule has 1 aliphatic rings. The van der Waals surface area contributed by atoms with E-state index in [9.17, 15) is 4.79 Å². The lowest BCUT2D eigenvalue weighted by Gasteiger charge is -2.24. The van der Waals surface area contributed by atoms with E-state index in [4.69, 9.17) is 0 Å². The van der Waals surface area contributed by atoms with Crippen molar-refractivity contribution in [2.45, 2.75) is 18.9 Å². The molecule has 3 aromatic heterocycles. The van der Waals surface area contributed by atoms with Crippen LogP contribution in [0, 0.1) is 0 Å². The van der Waals surface area contributed by atoms with Crippen molar-refractivity contribution in [3.63, 3.8) is 0 Å². The molecule has 4 aromatic rings. The van der Waals surface area contributed by atoms with Crippen LogP contribution in [-0.2, 0) is 0 Å². The van der Waals surface area contributed by atoms with Crippen molar-refractivity contribution in [2.75, 3.05) is 6.54 Å². The molecule has 0 saturated carbocycles. The lowest BCUT2D eigenvalue weighted by atomic mass is 10.1. The number of imidazole rings is 1. The summed E-state index contributed by atoms with van der Waals surface area (Å²) in [6.45, 7) is 0.761. The molecule has 0 spiro atoms. The monoisotopic (exact) mass is 368 g/mol. The lowest BCUT2D eigenvalue weighted by molar-refractivity contribution is 0.0732. The van der Waals surface area contributed by atoms with E-state index < -0.39 is 0 Å². The van der Waals surface area contributed by atoms with Crippen LogP contribution in [0.3, 0.4) is 0 Å². The van der Waals surface area contributed by atoms with Crippen LogP contribution in [0.2, 0.25) is 0 Å². The summed E-state index contributed by atoms with van der Waals surface area (Å²) in [6, 6.07) is 19.8. The minimum absolute atomic E-state index is 0.0463. The number of benzene rings is 1. The van der Waals surface area contributed by atoms with Crippen molar-refractivity contribution >= 4 is 11.6 Å². The number of carbonyl (C=O) groups is 1. The molecule has 1 aliphatic heterocycles. The summed E-state index contributed by atoms with van der Waals surface area (Å²) in [4.78, 5) is 24.3. The number of nitrogens with zero attached hydrogens (tertiary/aromatic N) is 4. The maximum Gasteiger partial charge on any atom is 0.255 e. The third kappa shape index (κ3) is 2.95. The van der Waals surface area contributed by atoms with E-state index in [0.29, 0.717) is 5.56 Å². The summed E-state index contributed by atoms with van der Waals surface area (Å²) in [5.74, 6) is 0.0463. The molecular weight excluding hydrogens is 348 g/mol. The van der Waals surface area contributed by atoms with Crippen LogP contribution < -0.4 is 0 Å². The van der Waals surface area contributed by atoms with Gasteiger partial charge in [-0.2, -0.15) is 0 Å². The fourth-order valence-corrected chi connectivity index (χ4v) is 3.92. The van der Waals surface area contributed by atoms with E-state index in [0.717, 1.165) is 42.0 Å². The van der Waals surface area contributed by atoms with Gasteiger partial charge < -0.3 is 9.30 Å². The predicted octanol–water partition coefficient (Wildman–Crippen LogP) is 4.37. The lowest BCUT2D eigenvalue weighted by Crippen LogP contribution is -2.31. The fourth-order valence-electron chi connectivity index (χ4n) is 3.92. The number of fused-ring (bicyclic) bond motifs is 1. The normalized spacial score (nSPS) is 16.6. The summed E-state index contributed by atoms with van der Waals surface area (Å²) < 4.78 is 1.93. The van der Waals surface area contributed by atoms with Gasteiger partial charge in [0.1, 0.15) is 5.65 Å². The van der Waals surface area contributed by atoms with Crippen molar-refractivity contribution in [1.82, 2.24) is 19.3 Å². The molecule has 4 heterocycles. The van der Waals surface area contributed by atoms with Crippen molar-refractivity contribution in [3.05, 3.63) is 90.5 Å².